The number of alkyl halides is 3. The minimum absolute atomic E-state index is 0.00615. The summed E-state index contributed by atoms with van der Waals surface area (Å²) in [5.74, 6) is -0.704. The van der Waals surface area contributed by atoms with E-state index in [4.69, 9.17) is 9.47 Å². The fraction of sp³-hybridized carbons (Fsp3) is 0.391. The van der Waals surface area contributed by atoms with Crippen LogP contribution in [0.1, 0.15) is 25.1 Å². The Balaban J connectivity index is 1.92. The van der Waals surface area contributed by atoms with Crippen LogP contribution in [-0.4, -0.2) is 68.1 Å². The molecule has 1 atom stereocenters. The predicted molar refractivity (Wildman–Crippen MR) is 125 cm³/mol. The number of esters is 1. The Hall–Kier alpha value is -3.48. The van der Waals surface area contributed by atoms with E-state index in [-0.39, 0.29) is 42.0 Å². The SMILES string of the molecule is CCN(CCOC(C)=O)C(=O)n1c([S@](=O)Cc2nccc(OCC(F)(F)F)c2C)nc2ccccc21. The summed E-state index contributed by atoms with van der Waals surface area (Å²) in [5.41, 5.74) is 1.43. The van der Waals surface area contributed by atoms with E-state index in [1.54, 1.807) is 31.2 Å². The van der Waals surface area contributed by atoms with Crippen molar-refractivity contribution in [2.45, 2.75) is 37.9 Å². The van der Waals surface area contributed by atoms with Gasteiger partial charge in [-0.15, -0.1) is 0 Å². The number of imidazole rings is 1. The van der Waals surface area contributed by atoms with Crippen molar-refractivity contribution >= 4 is 33.8 Å². The minimum Gasteiger partial charge on any atom is -0.484 e. The molecule has 0 saturated heterocycles. The van der Waals surface area contributed by atoms with Gasteiger partial charge in [0.15, 0.2) is 6.61 Å². The van der Waals surface area contributed by atoms with E-state index in [0.717, 1.165) is 0 Å². The van der Waals surface area contributed by atoms with Crippen LogP contribution in [0.2, 0.25) is 0 Å². The molecular formula is C23H25F3N4O5S. The number of ether oxygens (including phenoxy) is 2. The Kier molecular flexibility index (Phi) is 8.66. The average Bonchev–Trinajstić information content (AvgIpc) is 3.21. The normalized spacial score (nSPS) is 12.4. The highest BCUT2D eigenvalue weighted by atomic mass is 32.2. The van der Waals surface area contributed by atoms with Crippen molar-refractivity contribution in [3.05, 3.63) is 47.8 Å². The zero-order valence-corrected chi connectivity index (χ0v) is 20.7. The lowest BCUT2D eigenvalue weighted by Gasteiger charge is -2.22. The van der Waals surface area contributed by atoms with Gasteiger partial charge in [-0.3, -0.25) is 14.0 Å². The summed E-state index contributed by atoms with van der Waals surface area (Å²) < 4.78 is 62.2. The Morgan fingerprint density at radius 1 is 1.19 bits per heavy atom. The van der Waals surface area contributed by atoms with Gasteiger partial charge >= 0.3 is 18.2 Å². The van der Waals surface area contributed by atoms with Crippen molar-refractivity contribution in [2.75, 3.05) is 26.3 Å². The molecule has 9 nitrogen and oxygen atoms in total. The molecule has 0 aliphatic carbocycles. The Bertz CT molecular complexity index is 1280. The van der Waals surface area contributed by atoms with E-state index < -0.39 is 35.6 Å². The molecule has 0 fully saturated rings. The Labute approximate surface area is 207 Å². The highest BCUT2D eigenvalue weighted by Crippen LogP contribution is 2.26. The fourth-order valence-corrected chi connectivity index (χ4v) is 4.63. The zero-order chi connectivity index (χ0) is 26.5. The molecule has 3 rings (SSSR count). The molecule has 0 bridgehead atoms. The molecular weight excluding hydrogens is 501 g/mol. The van der Waals surface area contributed by atoms with Crippen molar-refractivity contribution in [3.63, 3.8) is 0 Å². The average molecular weight is 527 g/mol. The fourth-order valence-electron chi connectivity index (χ4n) is 3.38. The molecule has 0 unspecified atom stereocenters. The number of likely N-dealkylation sites (N-methyl/N-ethyl adjacent to an activating group) is 1. The maximum absolute atomic E-state index is 13.4. The highest BCUT2D eigenvalue weighted by molar-refractivity contribution is 7.84. The standard InChI is InChI=1S/C23H25F3N4O5S/c1-4-29(11-12-34-16(3)31)22(32)30-19-8-6-5-7-17(19)28-21(30)36(33)13-18-15(2)20(9-10-27-18)35-14-23(24,25)26/h5-10H,4,11-14H2,1-3H3/t36-/m1/s1. The number of carbonyl (C=O) groups is 2. The second kappa shape index (κ2) is 11.5. The summed E-state index contributed by atoms with van der Waals surface area (Å²) in [6.07, 6.45) is -3.24. The monoisotopic (exact) mass is 526 g/mol. The third-order valence-electron chi connectivity index (χ3n) is 5.16. The molecule has 36 heavy (non-hydrogen) atoms. The first-order valence-corrected chi connectivity index (χ1v) is 12.3. The van der Waals surface area contributed by atoms with Gasteiger partial charge in [0.05, 0.1) is 39.8 Å². The van der Waals surface area contributed by atoms with E-state index in [1.165, 1.54) is 35.6 Å². The van der Waals surface area contributed by atoms with Gasteiger partial charge in [0, 0.05) is 25.2 Å². The number of amides is 1. The molecule has 1 amide bonds. The van der Waals surface area contributed by atoms with Crippen LogP contribution in [0.25, 0.3) is 11.0 Å². The smallest absolute Gasteiger partial charge is 0.422 e. The molecule has 0 aliphatic heterocycles. The first kappa shape index (κ1) is 27.1. The van der Waals surface area contributed by atoms with E-state index in [1.807, 2.05) is 0 Å². The largest absolute Gasteiger partial charge is 0.484 e. The van der Waals surface area contributed by atoms with Crippen LogP contribution in [-0.2, 0) is 26.1 Å². The molecule has 0 radical (unpaired) electrons. The summed E-state index contributed by atoms with van der Waals surface area (Å²) >= 11 is 0. The summed E-state index contributed by atoms with van der Waals surface area (Å²) in [7, 11) is -1.89. The van der Waals surface area contributed by atoms with E-state index >= 15 is 0 Å². The first-order chi connectivity index (χ1) is 17.0. The second-order valence-corrected chi connectivity index (χ2v) is 9.04. The number of hydrogen-bond acceptors (Lipinski definition) is 7. The molecule has 0 aliphatic rings. The topological polar surface area (TPSA) is 104 Å². The number of rotatable bonds is 9. The zero-order valence-electron chi connectivity index (χ0n) is 19.9. The molecule has 0 spiro atoms. The van der Waals surface area contributed by atoms with Crippen molar-refractivity contribution in [2.24, 2.45) is 0 Å². The van der Waals surface area contributed by atoms with Gasteiger partial charge in [-0.2, -0.15) is 13.2 Å². The number of nitrogens with zero attached hydrogens (tertiary/aromatic N) is 4. The molecule has 2 aromatic heterocycles. The Morgan fingerprint density at radius 2 is 1.92 bits per heavy atom. The molecule has 3 aromatic rings. The van der Waals surface area contributed by atoms with Crippen molar-refractivity contribution in [1.29, 1.82) is 0 Å². The second-order valence-electron chi connectivity index (χ2n) is 7.70. The Morgan fingerprint density at radius 3 is 2.58 bits per heavy atom. The number of carbonyl (C=O) groups excluding carboxylic acids is 2. The van der Waals surface area contributed by atoms with Crippen molar-refractivity contribution in [1.82, 2.24) is 19.4 Å². The van der Waals surface area contributed by atoms with Gasteiger partial charge in [-0.1, -0.05) is 12.1 Å². The van der Waals surface area contributed by atoms with E-state index in [0.29, 0.717) is 16.6 Å². The van der Waals surface area contributed by atoms with Crippen LogP contribution < -0.4 is 4.74 Å². The van der Waals surface area contributed by atoms with E-state index in [2.05, 4.69) is 9.97 Å². The minimum atomic E-state index is -4.51. The quantitative estimate of drug-likeness (QED) is 0.390. The molecule has 2 heterocycles. The van der Waals surface area contributed by atoms with Crippen LogP contribution in [0.4, 0.5) is 18.0 Å². The van der Waals surface area contributed by atoms with Crippen LogP contribution in [0.3, 0.4) is 0 Å². The number of para-hydroxylation sites is 2. The van der Waals surface area contributed by atoms with Crippen LogP contribution in [0.5, 0.6) is 5.75 Å². The van der Waals surface area contributed by atoms with Gasteiger partial charge in [-0.25, -0.2) is 14.3 Å². The van der Waals surface area contributed by atoms with E-state index in [9.17, 15) is 27.0 Å². The number of fused-ring (bicyclic) bond motifs is 1. The van der Waals surface area contributed by atoms with Crippen LogP contribution >= 0.6 is 0 Å². The maximum atomic E-state index is 13.4. The third-order valence-corrected chi connectivity index (χ3v) is 6.38. The third kappa shape index (κ3) is 6.59. The van der Waals surface area contributed by atoms with Crippen LogP contribution in [0.15, 0.2) is 41.7 Å². The lowest BCUT2D eigenvalue weighted by Crippen LogP contribution is -2.38. The van der Waals surface area contributed by atoms with Crippen LogP contribution in [0, 0.1) is 6.92 Å². The van der Waals surface area contributed by atoms with Gasteiger partial charge in [0.1, 0.15) is 12.4 Å². The first-order valence-electron chi connectivity index (χ1n) is 10.9. The van der Waals surface area contributed by atoms with Gasteiger partial charge in [-0.05, 0) is 32.0 Å². The number of benzene rings is 1. The van der Waals surface area contributed by atoms with Gasteiger partial charge in [0.25, 0.3) is 0 Å². The summed E-state index contributed by atoms with van der Waals surface area (Å²) in [5, 5.41) is -0.0325. The lowest BCUT2D eigenvalue weighted by atomic mass is 10.2. The van der Waals surface area contributed by atoms with Gasteiger partial charge in [0.2, 0.25) is 5.16 Å². The summed E-state index contributed by atoms with van der Waals surface area (Å²) in [4.78, 5) is 34.5. The highest BCUT2D eigenvalue weighted by Gasteiger charge is 2.29. The summed E-state index contributed by atoms with van der Waals surface area (Å²) in [6, 6.07) is 7.56. The molecule has 13 heteroatoms. The number of aromatic nitrogens is 3. The summed E-state index contributed by atoms with van der Waals surface area (Å²) in [6.45, 7) is 3.47. The lowest BCUT2D eigenvalue weighted by molar-refractivity contribution is -0.153. The molecule has 1 aromatic carbocycles. The van der Waals surface area contributed by atoms with Crippen molar-refractivity contribution < 1.29 is 36.4 Å². The number of pyridine rings is 1. The maximum Gasteiger partial charge on any atom is 0.422 e. The predicted octanol–water partition coefficient (Wildman–Crippen LogP) is 3.84. The molecule has 0 N–H and O–H groups in total. The number of hydrogen-bond donors (Lipinski definition) is 0. The van der Waals surface area contributed by atoms with Gasteiger partial charge < -0.3 is 14.4 Å². The molecule has 0 saturated carbocycles. The number of halogens is 3. The van der Waals surface area contributed by atoms with Crippen molar-refractivity contribution in [3.8, 4) is 5.75 Å². The molecule has 194 valence electrons.